The molecule has 1 amide bonds. The first-order chi connectivity index (χ1) is 19.2. The molecule has 0 atom stereocenters. The van der Waals surface area contributed by atoms with Crippen molar-refractivity contribution in [2.24, 2.45) is 5.41 Å². The molecular weight excluding hydrogens is 547 g/mol. The number of anilines is 1. The van der Waals surface area contributed by atoms with Gasteiger partial charge in [0.25, 0.3) is 0 Å². The molecule has 0 saturated carbocycles. The molecule has 2 N–H and O–H groups in total. The molecule has 14 heteroatoms. The quantitative estimate of drug-likeness (QED) is 0.441. The van der Waals surface area contributed by atoms with Gasteiger partial charge in [-0.15, -0.1) is 0 Å². The number of nitrogens with zero attached hydrogens (tertiary/aromatic N) is 4. The molecule has 1 fully saturated rings. The maximum Gasteiger partial charge on any atom is 0.410 e. The number of hydrogen-bond acceptors (Lipinski definition) is 8. The minimum atomic E-state index is -1.61. The molecule has 0 aliphatic carbocycles. The summed E-state index contributed by atoms with van der Waals surface area (Å²) in [5.74, 6) is -4.74. The van der Waals surface area contributed by atoms with E-state index in [0.29, 0.717) is 11.8 Å². The number of carboxylic acid groups (broad SMARTS) is 1. The predicted octanol–water partition coefficient (Wildman–Crippen LogP) is 3.55. The van der Waals surface area contributed by atoms with Gasteiger partial charge in [-0.05, 0) is 39.0 Å². The van der Waals surface area contributed by atoms with Crippen LogP contribution in [0.4, 0.5) is 23.8 Å². The van der Waals surface area contributed by atoms with Gasteiger partial charge < -0.3 is 19.6 Å². The van der Waals surface area contributed by atoms with Crippen molar-refractivity contribution in [3.05, 3.63) is 75.6 Å². The number of carboxylic acids is 1. The van der Waals surface area contributed by atoms with Gasteiger partial charge in [0.1, 0.15) is 22.8 Å². The van der Waals surface area contributed by atoms with E-state index in [4.69, 9.17) is 9.57 Å². The van der Waals surface area contributed by atoms with E-state index in [-0.39, 0.29) is 36.8 Å². The summed E-state index contributed by atoms with van der Waals surface area (Å²) in [6, 6.07) is 3.43. The van der Waals surface area contributed by atoms with Gasteiger partial charge in [-0.3, -0.25) is 19.7 Å². The fraction of sp³-hybridized carbons (Fsp3) is 0.333. The number of likely N-dealkylation sites (tertiary alicyclic amines) is 1. The van der Waals surface area contributed by atoms with Gasteiger partial charge in [0.2, 0.25) is 5.43 Å². The molecule has 0 bridgehead atoms. The number of halogens is 3. The minimum absolute atomic E-state index is 0.149. The summed E-state index contributed by atoms with van der Waals surface area (Å²) >= 11 is 0. The van der Waals surface area contributed by atoms with Crippen LogP contribution in [0.5, 0.6) is 0 Å². The van der Waals surface area contributed by atoms with Gasteiger partial charge in [-0.1, -0.05) is 0 Å². The molecule has 2 aliphatic heterocycles. The molecule has 1 saturated heterocycles. The standard InChI is InChI=1S/C27H26F3N5O6/c1-26(2,3)41-25(39)34-12-27(13-34)11-33(10-20(27)32-40-4)23-18(30)8-15-21(36)16(24(37)38)9-35(22(15)31-23)19-6-5-14(28)7-17(19)29/h5-10,32H,11-13H2,1-4H3,(H,37,38). The van der Waals surface area contributed by atoms with Crippen LogP contribution in [0.3, 0.4) is 0 Å². The summed E-state index contributed by atoms with van der Waals surface area (Å²) in [6.45, 7) is 5.85. The SMILES string of the molecule is CONC1=CN(c2nc3c(cc2F)c(=O)c(C(=O)O)cn3-c2ccc(F)cc2F)CC12CN(C(=O)OC(C)(C)C)C2. The Balaban J connectivity index is 1.58. The molecule has 41 heavy (non-hydrogen) atoms. The number of pyridine rings is 2. The summed E-state index contributed by atoms with van der Waals surface area (Å²) in [6.07, 6.45) is 1.90. The molecule has 1 aromatic carbocycles. The topological polar surface area (TPSA) is 126 Å². The Morgan fingerprint density at radius 3 is 2.41 bits per heavy atom. The third-order valence-corrected chi connectivity index (χ3v) is 6.76. The van der Waals surface area contributed by atoms with Crippen molar-refractivity contribution in [2.45, 2.75) is 26.4 Å². The number of hydrogen-bond donors (Lipinski definition) is 2. The summed E-state index contributed by atoms with van der Waals surface area (Å²) in [5.41, 5.74) is -0.404. The number of aromatic carboxylic acids is 1. The van der Waals surface area contributed by atoms with Crippen molar-refractivity contribution in [3.8, 4) is 5.69 Å². The number of benzene rings is 1. The van der Waals surface area contributed by atoms with Gasteiger partial charge in [0.05, 0.1) is 29.3 Å². The lowest BCUT2D eigenvalue weighted by Gasteiger charge is -2.48. The van der Waals surface area contributed by atoms with Crippen molar-refractivity contribution in [1.82, 2.24) is 19.9 Å². The minimum Gasteiger partial charge on any atom is -0.477 e. The van der Waals surface area contributed by atoms with Crippen molar-refractivity contribution >= 4 is 28.9 Å². The van der Waals surface area contributed by atoms with E-state index >= 15 is 4.39 Å². The molecule has 4 heterocycles. The van der Waals surface area contributed by atoms with E-state index in [9.17, 15) is 28.3 Å². The van der Waals surface area contributed by atoms with E-state index in [1.807, 2.05) is 0 Å². The Kier molecular flexibility index (Phi) is 6.68. The number of carbonyl (C=O) groups excluding carboxylic acids is 1. The van der Waals surface area contributed by atoms with Gasteiger partial charge in [-0.2, -0.15) is 0 Å². The van der Waals surface area contributed by atoms with Crippen molar-refractivity contribution in [2.75, 3.05) is 31.6 Å². The molecule has 2 aromatic heterocycles. The van der Waals surface area contributed by atoms with Crippen molar-refractivity contribution in [3.63, 3.8) is 0 Å². The number of amides is 1. The van der Waals surface area contributed by atoms with Gasteiger partial charge >= 0.3 is 12.1 Å². The third-order valence-electron chi connectivity index (χ3n) is 6.76. The molecule has 3 aromatic rings. The second-order valence-corrected chi connectivity index (χ2v) is 10.9. The highest BCUT2D eigenvalue weighted by Crippen LogP contribution is 2.44. The number of fused-ring (bicyclic) bond motifs is 1. The van der Waals surface area contributed by atoms with Crippen LogP contribution in [0.1, 0.15) is 31.1 Å². The second-order valence-electron chi connectivity index (χ2n) is 10.9. The van der Waals surface area contributed by atoms with E-state index in [2.05, 4.69) is 10.5 Å². The smallest absolute Gasteiger partial charge is 0.410 e. The van der Waals surface area contributed by atoms with Crippen LogP contribution in [0.25, 0.3) is 16.7 Å². The van der Waals surface area contributed by atoms with Crippen LogP contribution < -0.4 is 15.8 Å². The summed E-state index contributed by atoms with van der Waals surface area (Å²) < 4.78 is 50.4. The highest BCUT2D eigenvalue weighted by atomic mass is 19.1. The molecule has 11 nitrogen and oxygen atoms in total. The second kappa shape index (κ2) is 9.80. The first-order valence-electron chi connectivity index (χ1n) is 12.4. The Hall–Kier alpha value is -4.59. The lowest BCUT2D eigenvalue weighted by atomic mass is 9.78. The maximum absolute atomic E-state index is 15.5. The highest BCUT2D eigenvalue weighted by Gasteiger charge is 2.53. The number of ether oxygens (including phenoxy) is 1. The Morgan fingerprint density at radius 1 is 1.10 bits per heavy atom. The number of hydroxylamine groups is 1. The van der Waals surface area contributed by atoms with Gasteiger partial charge in [-0.25, -0.2) is 27.7 Å². The summed E-state index contributed by atoms with van der Waals surface area (Å²) in [4.78, 5) is 49.6. The first kappa shape index (κ1) is 28.0. The average Bonchev–Trinajstić information content (AvgIpc) is 3.22. The zero-order valence-electron chi connectivity index (χ0n) is 22.5. The third kappa shape index (κ3) is 4.94. The molecule has 0 radical (unpaired) electrons. The molecule has 2 aliphatic rings. The van der Waals surface area contributed by atoms with Crippen LogP contribution in [0.2, 0.25) is 0 Å². The van der Waals surface area contributed by atoms with Crippen LogP contribution >= 0.6 is 0 Å². The zero-order valence-corrected chi connectivity index (χ0v) is 22.5. The number of aromatic nitrogens is 2. The molecular formula is C27H26F3N5O6. The maximum atomic E-state index is 15.5. The van der Waals surface area contributed by atoms with E-state index in [1.54, 1.807) is 27.0 Å². The van der Waals surface area contributed by atoms with E-state index in [1.165, 1.54) is 16.9 Å². The first-order valence-corrected chi connectivity index (χ1v) is 12.4. The monoisotopic (exact) mass is 573 g/mol. The van der Waals surface area contributed by atoms with Crippen LogP contribution in [0.15, 0.2) is 47.2 Å². The van der Waals surface area contributed by atoms with Crippen LogP contribution in [-0.2, 0) is 9.57 Å². The Morgan fingerprint density at radius 2 is 1.80 bits per heavy atom. The predicted molar refractivity (Wildman–Crippen MR) is 140 cm³/mol. The Labute approximate surface area is 231 Å². The molecule has 5 rings (SSSR count). The van der Waals surface area contributed by atoms with Crippen molar-refractivity contribution in [1.29, 1.82) is 0 Å². The number of nitrogens with one attached hydrogen (secondary N) is 1. The lowest BCUT2D eigenvalue weighted by molar-refractivity contribution is -0.0267. The van der Waals surface area contributed by atoms with Crippen LogP contribution in [-0.4, -0.2) is 64.0 Å². The van der Waals surface area contributed by atoms with E-state index in [0.717, 1.165) is 29.0 Å². The normalized spacial score (nSPS) is 16.1. The highest BCUT2D eigenvalue weighted by molar-refractivity contribution is 5.92. The fourth-order valence-corrected chi connectivity index (χ4v) is 4.97. The van der Waals surface area contributed by atoms with Gasteiger partial charge in [0, 0.05) is 38.1 Å². The zero-order chi connectivity index (χ0) is 29.9. The van der Waals surface area contributed by atoms with Crippen LogP contribution in [0, 0.1) is 22.9 Å². The molecule has 1 spiro atoms. The largest absolute Gasteiger partial charge is 0.477 e. The Bertz CT molecular complexity index is 1680. The average molecular weight is 574 g/mol. The van der Waals surface area contributed by atoms with E-state index < -0.39 is 56.9 Å². The van der Waals surface area contributed by atoms with Crippen molar-refractivity contribution < 1.29 is 37.4 Å². The lowest BCUT2D eigenvalue weighted by Crippen LogP contribution is -2.62. The summed E-state index contributed by atoms with van der Waals surface area (Å²) in [5, 5.41) is 9.13. The summed E-state index contributed by atoms with van der Waals surface area (Å²) in [7, 11) is 1.40. The fourth-order valence-electron chi connectivity index (χ4n) is 4.97. The molecule has 216 valence electrons. The van der Waals surface area contributed by atoms with Gasteiger partial charge in [0.15, 0.2) is 17.3 Å². The number of carbonyl (C=O) groups is 2. The molecule has 0 unspecified atom stereocenters. The number of rotatable bonds is 5.